The number of rotatable bonds is 3. The largest absolute Gasteiger partial charge is 0.454 e. The quantitative estimate of drug-likeness (QED) is 0.844. The Morgan fingerprint density at radius 1 is 1.23 bits per heavy atom. The minimum Gasteiger partial charge on any atom is -0.454 e. The standard InChI is InChI=1S/C15H21NO4S2/c1-11(2)22(17,18)16-6-5-15(21-8-7-16)12-3-4-13-14(9-12)20-10-19-13/h3-4,9,11,15H,5-8,10H2,1-2H3. The SMILES string of the molecule is CC(C)S(=O)(=O)N1CCSC(c2ccc3c(c2)OCO3)CC1. The van der Waals surface area contributed by atoms with Gasteiger partial charge in [0.25, 0.3) is 0 Å². The summed E-state index contributed by atoms with van der Waals surface area (Å²) in [6.45, 7) is 4.92. The number of fused-ring (bicyclic) bond motifs is 1. The summed E-state index contributed by atoms with van der Waals surface area (Å²) in [5.74, 6) is 2.38. The molecule has 5 nitrogen and oxygen atoms in total. The van der Waals surface area contributed by atoms with Gasteiger partial charge in [0.05, 0.1) is 5.25 Å². The first-order valence-electron chi connectivity index (χ1n) is 7.48. The van der Waals surface area contributed by atoms with Gasteiger partial charge < -0.3 is 9.47 Å². The van der Waals surface area contributed by atoms with Crippen LogP contribution in [0.25, 0.3) is 0 Å². The monoisotopic (exact) mass is 343 g/mol. The molecular weight excluding hydrogens is 322 g/mol. The fourth-order valence-corrected chi connectivity index (χ4v) is 5.32. The summed E-state index contributed by atoms with van der Waals surface area (Å²) in [6.07, 6.45) is 0.816. The van der Waals surface area contributed by atoms with Crippen molar-refractivity contribution in [2.24, 2.45) is 0 Å². The van der Waals surface area contributed by atoms with Crippen LogP contribution >= 0.6 is 11.8 Å². The molecule has 122 valence electrons. The Kier molecular flexibility index (Phi) is 4.56. The highest BCUT2D eigenvalue weighted by Crippen LogP contribution is 2.40. The van der Waals surface area contributed by atoms with Crippen LogP contribution in [-0.4, -0.2) is 43.6 Å². The lowest BCUT2D eigenvalue weighted by atomic mass is 10.1. The third-order valence-corrected chi connectivity index (χ3v) is 7.63. The zero-order valence-electron chi connectivity index (χ0n) is 12.8. The number of ether oxygens (including phenoxy) is 2. The summed E-state index contributed by atoms with van der Waals surface area (Å²) in [4.78, 5) is 0. The number of sulfonamides is 1. The second-order valence-electron chi connectivity index (χ2n) is 5.75. The number of benzene rings is 1. The molecule has 0 aliphatic carbocycles. The van der Waals surface area contributed by atoms with E-state index in [2.05, 4.69) is 6.07 Å². The number of thioether (sulfide) groups is 1. The third kappa shape index (κ3) is 3.07. The second-order valence-corrected chi connectivity index (χ2v) is 9.55. The predicted octanol–water partition coefficient (Wildman–Crippen LogP) is 2.63. The van der Waals surface area contributed by atoms with Gasteiger partial charge in [-0.15, -0.1) is 0 Å². The highest BCUT2D eigenvalue weighted by molar-refractivity contribution is 7.99. The van der Waals surface area contributed by atoms with Crippen molar-refractivity contribution < 1.29 is 17.9 Å². The van der Waals surface area contributed by atoms with Crippen LogP contribution in [0, 0.1) is 0 Å². The van der Waals surface area contributed by atoms with E-state index in [1.165, 1.54) is 5.56 Å². The van der Waals surface area contributed by atoms with Crippen molar-refractivity contribution in [3.8, 4) is 11.5 Å². The van der Waals surface area contributed by atoms with Gasteiger partial charge in [-0.2, -0.15) is 11.8 Å². The Balaban J connectivity index is 1.73. The molecule has 2 aliphatic rings. The maximum Gasteiger partial charge on any atom is 0.231 e. The summed E-state index contributed by atoms with van der Waals surface area (Å²) in [6, 6.07) is 6.01. The number of hydrogen-bond acceptors (Lipinski definition) is 5. The Morgan fingerprint density at radius 3 is 2.77 bits per heavy atom. The summed E-state index contributed by atoms with van der Waals surface area (Å²) in [7, 11) is -3.16. The van der Waals surface area contributed by atoms with E-state index in [0.717, 1.165) is 23.7 Å². The maximum atomic E-state index is 12.3. The molecule has 0 aromatic heterocycles. The average Bonchev–Trinajstić information content (AvgIpc) is 2.80. The van der Waals surface area contributed by atoms with E-state index in [0.29, 0.717) is 18.3 Å². The molecule has 0 N–H and O–H groups in total. The molecule has 1 aromatic rings. The van der Waals surface area contributed by atoms with Gasteiger partial charge in [-0.3, -0.25) is 0 Å². The zero-order chi connectivity index (χ0) is 15.7. The van der Waals surface area contributed by atoms with Crippen LogP contribution in [0.15, 0.2) is 18.2 Å². The highest BCUT2D eigenvalue weighted by Gasteiger charge is 2.29. The van der Waals surface area contributed by atoms with Gasteiger partial charge in [0.2, 0.25) is 16.8 Å². The molecule has 3 rings (SSSR count). The molecule has 1 saturated heterocycles. The summed E-state index contributed by atoms with van der Waals surface area (Å²) in [5, 5.41) is -0.0681. The predicted molar refractivity (Wildman–Crippen MR) is 88.0 cm³/mol. The van der Waals surface area contributed by atoms with Gasteiger partial charge in [0.15, 0.2) is 11.5 Å². The summed E-state index contributed by atoms with van der Waals surface area (Å²) >= 11 is 1.81. The molecule has 7 heteroatoms. The second kappa shape index (κ2) is 6.29. The van der Waals surface area contributed by atoms with Crippen molar-refractivity contribution in [1.29, 1.82) is 0 Å². The first-order chi connectivity index (χ1) is 10.5. The van der Waals surface area contributed by atoms with Crippen molar-refractivity contribution in [3.05, 3.63) is 23.8 Å². The van der Waals surface area contributed by atoms with Crippen molar-refractivity contribution in [1.82, 2.24) is 4.31 Å². The maximum absolute atomic E-state index is 12.3. The molecule has 1 atom stereocenters. The van der Waals surface area contributed by atoms with Crippen molar-refractivity contribution >= 4 is 21.8 Å². The van der Waals surface area contributed by atoms with Crippen LogP contribution in [0.3, 0.4) is 0 Å². The normalized spacial score (nSPS) is 22.8. The molecular formula is C15H21NO4S2. The lowest BCUT2D eigenvalue weighted by Gasteiger charge is -2.22. The van der Waals surface area contributed by atoms with Gasteiger partial charge in [-0.05, 0) is 38.0 Å². The minimum absolute atomic E-state index is 0.275. The van der Waals surface area contributed by atoms with E-state index in [9.17, 15) is 8.42 Å². The number of hydrogen-bond donors (Lipinski definition) is 0. The smallest absolute Gasteiger partial charge is 0.231 e. The lowest BCUT2D eigenvalue weighted by molar-refractivity contribution is 0.174. The van der Waals surface area contributed by atoms with E-state index in [1.54, 1.807) is 18.2 Å². The van der Waals surface area contributed by atoms with Crippen LogP contribution in [0.2, 0.25) is 0 Å². The van der Waals surface area contributed by atoms with E-state index < -0.39 is 10.0 Å². The molecule has 1 unspecified atom stereocenters. The minimum atomic E-state index is -3.16. The van der Waals surface area contributed by atoms with E-state index >= 15 is 0 Å². The Labute approximate surface area is 136 Å². The number of nitrogens with zero attached hydrogens (tertiary/aromatic N) is 1. The molecule has 2 aliphatic heterocycles. The Morgan fingerprint density at radius 2 is 2.00 bits per heavy atom. The Hall–Kier alpha value is -0.920. The summed E-state index contributed by atoms with van der Waals surface area (Å²) < 4.78 is 37.0. The van der Waals surface area contributed by atoms with Crippen LogP contribution in [-0.2, 0) is 10.0 Å². The zero-order valence-corrected chi connectivity index (χ0v) is 14.5. The molecule has 0 spiro atoms. The lowest BCUT2D eigenvalue weighted by Crippen LogP contribution is -2.37. The molecule has 0 bridgehead atoms. The van der Waals surface area contributed by atoms with Gasteiger partial charge in [0.1, 0.15) is 0 Å². The van der Waals surface area contributed by atoms with Crippen LogP contribution in [0.5, 0.6) is 11.5 Å². The molecule has 1 fully saturated rings. The molecule has 0 amide bonds. The van der Waals surface area contributed by atoms with Gasteiger partial charge in [-0.1, -0.05) is 6.07 Å². The van der Waals surface area contributed by atoms with Gasteiger partial charge in [0, 0.05) is 24.1 Å². The van der Waals surface area contributed by atoms with E-state index in [1.807, 2.05) is 23.9 Å². The van der Waals surface area contributed by atoms with E-state index in [4.69, 9.17) is 9.47 Å². The van der Waals surface area contributed by atoms with Crippen LogP contribution < -0.4 is 9.47 Å². The molecule has 22 heavy (non-hydrogen) atoms. The first kappa shape index (κ1) is 16.0. The fourth-order valence-electron chi connectivity index (χ4n) is 2.68. The van der Waals surface area contributed by atoms with Gasteiger partial charge in [-0.25, -0.2) is 12.7 Å². The first-order valence-corrected chi connectivity index (χ1v) is 10.0. The average molecular weight is 343 g/mol. The van der Waals surface area contributed by atoms with Crippen molar-refractivity contribution in [3.63, 3.8) is 0 Å². The summed E-state index contributed by atoms with van der Waals surface area (Å²) in [5.41, 5.74) is 1.18. The third-order valence-electron chi connectivity index (χ3n) is 4.02. The van der Waals surface area contributed by atoms with E-state index in [-0.39, 0.29) is 12.0 Å². The van der Waals surface area contributed by atoms with Crippen molar-refractivity contribution in [2.75, 3.05) is 25.6 Å². The Bertz CT molecular complexity index is 645. The van der Waals surface area contributed by atoms with Crippen molar-refractivity contribution in [2.45, 2.75) is 30.8 Å². The van der Waals surface area contributed by atoms with Crippen LogP contribution in [0.4, 0.5) is 0 Å². The van der Waals surface area contributed by atoms with Gasteiger partial charge >= 0.3 is 0 Å². The highest BCUT2D eigenvalue weighted by atomic mass is 32.2. The topological polar surface area (TPSA) is 55.8 Å². The fraction of sp³-hybridized carbons (Fsp3) is 0.600. The molecule has 1 aromatic carbocycles. The molecule has 2 heterocycles. The molecule has 0 saturated carbocycles. The molecule has 0 radical (unpaired) electrons. The van der Waals surface area contributed by atoms with Crippen LogP contribution in [0.1, 0.15) is 31.1 Å².